The van der Waals surface area contributed by atoms with Gasteiger partial charge in [0.1, 0.15) is 0 Å². The van der Waals surface area contributed by atoms with E-state index in [1.165, 1.54) is 0 Å². The largest absolute Gasteiger partial charge is 0.338 e. The van der Waals surface area contributed by atoms with E-state index in [9.17, 15) is 4.79 Å². The number of carbonyl (C=O) groups excluding carboxylic acids is 1. The first-order valence-corrected chi connectivity index (χ1v) is 8.02. The van der Waals surface area contributed by atoms with Gasteiger partial charge in [-0.3, -0.25) is 4.98 Å². The fourth-order valence-electron chi connectivity index (χ4n) is 2.88. The van der Waals surface area contributed by atoms with E-state index in [0.29, 0.717) is 24.2 Å². The van der Waals surface area contributed by atoms with Crippen molar-refractivity contribution < 1.29 is 9.32 Å². The lowest BCUT2D eigenvalue weighted by molar-refractivity contribution is 0.165. The highest BCUT2D eigenvalue weighted by atomic mass is 16.5. The average molecular weight is 315 g/mol. The molecule has 1 atom stereocenters. The smallest absolute Gasteiger partial charge is 0.317 e. The highest BCUT2D eigenvalue weighted by molar-refractivity contribution is 5.74. The highest BCUT2D eigenvalue weighted by Crippen LogP contribution is 2.21. The molecule has 7 heteroatoms. The zero-order valence-corrected chi connectivity index (χ0v) is 13.2. The molecule has 2 aromatic heterocycles. The zero-order valence-electron chi connectivity index (χ0n) is 13.2. The predicted octanol–water partition coefficient (Wildman–Crippen LogP) is 2.12. The van der Waals surface area contributed by atoms with Crippen LogP contribution in [0.1, 0.15) is 25.6 Å². The Labute approximate surface area is 135 Å². The van der Waals surface area contributed by atoms with Crippen LogP contribution in [-0.4, -0.2) is 45.7 Å². The van der Waals surface area contributed by atoms with Crippen LogP contribution in [-0.2, 0) is 6.42 Å². The van der Waals surface area contributed by atoms with Crippen molar-refractivity contribution >= 4 is 6.03 Å². The van der Waals surface area contributed by atoms with Gasteiger partial charge >= 0.3 is 6.03 Å². The van der Waals surface area contributed by atoms with Gasteiger partial charge < -0.3 is 14.7 Å². The van der Waals surface area contributed by atoms with E-state index in [1.807, 2.05) is 24.0 Å². The summed E-state index contributed by atoms with van der Waals surface area (Å²) in [7, 11) is 0. The van der Waals surface area contributed by atoms with Crippen molar-refractivity contribution in [3.8, 4) is 11.5 Å². The molecule has 0 aromatic carbocycles. The highest BCUT2D eigenvalue weighted by Gasteiger charge is 2.25. The Morgan fingerprint density at radius 2 is 2.43 bits per heavy atom. The summed E-state index contributed by atoms with van der Waals surface area (Å²) in [5.74, 6) is 1.54. The minimum atomic E-state index is 0.0151. The SMILES string of the molecule is CCNC(=O)N1CCCC(Cc2noc(-c3cccnc3)n2)C1. The predicted molar refractivity (Wildman–Crippen MR) is 84.6 cm³/mol. The lowest BCUT2D eigenvalue weighted by Gasteiger charge is -2.32. The fourth-order valence-corrected chi connectivity index (χ4v) is 2.88. The average Bonchev–Trinajstić information content (AvgIpc) is 3.05. The Balaban J connectivity index is 1.61. The Bertz CT molecular complexity index is 643. The molecular formula is C16H21N5O2. The normalized spacial score (nSPS) is 18.0. The van der Waals surface area contributed by atoms with Crippen LogP contribution in [0.25, 0.3) is 11.5 Å². The van der Waals surface area contributed by atoms with Crippen LogP contribution in [0.4, 0.5) is 4.79 Å². The molecule has 0 aliphatic carbocycles. The van der Waals surface area contributed by atoms with Gasteiger partial charge in [0.05, 0.1) is 5.56 Å². The van der Waals surface area contributed by atoms with Crippen LogP contribution >= 0.6 is 0 Å². The molecule has 0 bridgehead atoms. The second kappa shape index (κ2) is 7.21. The van der Waals surface area contributed by atoms with E-state index in [1.54, 1.807) is 12.4 Å². The van der Waals surface area contributed by atoms with Crippen molar-refractivity contribution in [2.24, 2.45) is 5.92 Å². The molecular weight excluding hydrogens is 294 g/mol. The number of piperidine rings is 1. The molecule has 0 spiro atoms. The number of nitrogens with zero attached hydrogens (tertiary/aromatic N) is 4. The number of hydrogen-bond donors (Lipinski definition) is 1. The molecule has 2 aromatic rings. The van der Waals surface area contributed by atoms with Gasteiger partial charge in [-0.2, -0.15) is 4.98 Å². The second-order valence-electron chi connectivity index (χ2n) is 5.75. The van der Waals surface area contributed by atoms with Crippen LogP contribution in [0.5, 0.6) is 0 Å². The number of likely N-dealkylation sites (tertiary alicyclic amines) is 1. The molecule has 7 nitrogen and oxygen atoms in total. The topological polar surface area (TPSA) is 84.2 Å². The molecule has 0 radical (unpaired) electrons. The molecule has 2 amide bonds. The number of pyridine rings is 1. The standard InChI is InChI=1S/C16H21N5O2/c1-2-18-16(22)21-8-4-5-12(11-21)9-14-19-15(23-20-14)13-6-3-7-17-10-13/h3,6-7,10,12H,2,4-5,8-9,11H2,1H3,(H,18,22). The van der Waals surface area contributed by atoms with Crippen molar-refractivity contribution in [2.45, 2.75) is 26.2 Å². The Morgan fingerprint density at radius 1 is 1.52 bits per heavy atom. The number of rotatable bonds is 4. The van der Waals surface area contributed by atoms with Gasteiger partial charge in [0.25, 0.3) is 5.89 Å². The third-order valence-electron chi connectivity index (χ3n) is 3.98. The monoisotopic (exact) mass is 315 g/mol. The summed E-state index contributed by atoms with van der Waals surface area (Å²) in [4.78, 5) is 22.3. The number of nitrogens with one attached hydrogen (secondary N) is 1. The van der Waals surface area contributed by atoms with Crippen LogP contribution < -0.4 is 5.32 Å². The van der Waals surface area contributed by atoms with Crippen LogP contribution in [0.2, 0.25) is 0 Å². The van der Waals surface area contributed by atoms with Gasteiger partial charge in [0.2, 0.25) is 0 Å². The lowest BCUT2D eigenvalue weighted by Crippen LogP contribution is -2.45. The van der Waals surface area contributed by atoms with Crippen molar-refractivity contribution in [1.82, 2.24) is 25.3 Å². The van der Waals surface area contributed by atoms with Crippen molar-refractivity contribution in [3.05, 3.63) is 30.4 Å². The van der Waals surface area contributed by atoms with Crippen molar-refractivity contribution in [3.63, 3.8) is 0 Å². The third kappa shape index (κ3) is 3.85. The summed E-state index contributed by atoms with van der Waals surface area (Å²) < 4.78 is 5.31. The maximum atomic E-state index is 11.9. The van der Waals surface area contributed by atoms with Crippen molar-refractivity contribution in [1.29, 1.82) is 0 Å². The molecule has 1 N–H and O–H groups in total. The van der Waals surface area contributed by atoms with Crippen molar-refractivity contribution in [2.75, 3.05) is 19.6 Å². The van der Waals surface area contributed by atoms with Gasteiger partial charge in [0.15, 0.2) is 5.82 Å². The molecule has 1 unspecified atom stereocenters. The summed E-state index contributed by atoms with van der Waals surface area (Å²) in [6.45, 7) is 4.13. The molecule has 3 rings (SSSR count). The molecule has 1 aliphatic rings. The van der Waals surface area contributed by atoms with Gasteiger partial charge in [-0.25, -0.2) is 4.79 Å². The molecule has 23 heavy (non-hydrogen) atoms. The van der Waals surface area contributed by atoms with Gasteiger partial charge in [0, 0.05) is 38.4 Å². The van der Waals surface area contributed by atoms with E-state index in [4.69, 9.17) is 4.52 Å². The molecule has 1 saturated heterocycles. The van der Waals surface area contributed by atoms with E-state index in [-0.39, 0.29) is 6.03 Å². The molecule has 1 fully saturated rings. The molecule has 3 heterocycles. The Morgan fingerprint density at radius 3 is 3.22 bits per heavy atom. The van der Waals surface area contributed by atoms with Crippen LogP contribution in [0.15, 0.2) is 29.0 Å². The van der Waals surface area contributed by atoms with Gasteiger partial charge in [-0.15, -0.1) is 0 Å². The first-order valence-electron chi connectivity index (χ1n) is 8.02. The van der Waals surface area contributed by atoms with Crippen LogP contribution in [0.3, 0.4) is 0 Å². The van der Waals surface area contributed by atoms with E-state index in [0.717, 1.165) is 37.9 Å². The number of hydrogen-bond acceptors (Lipinski definition) is 5. The van der Waals surface area contributed by atoms with Gasteiger partial charge in [-0.1, -0.05) is 5.16 Å². The Hall–Kier alpha value is -2.44. The second-order valence-corrected chi connectivity index (χ2v) is 5.75. The first kappa shape index (κ1) is 15.5. The lowest BCUT2D eigenvalue weighted by atomic mass is 9.95. The maximum Gasteiger partial charge on any atom is 0.317 e. The molecule has 122 valence electrons. The maximum absolute atomic E-state index is 11.9. The summed E-state index contributed by atoms with van der Waals surface area (Å²) in [5.41, 5.74) is 0.818. The quantitative estimate of drug-likeness (QED) is 0.934. The third-order valence-corrected chi connectivity index (χ3v) is 3.98. The number of urea groups is 1. The van der Waals surface area contributed by atoms with Gasteiger partial charge in [-0.05, 0) is 37.8 Å². The summed E-state index contributed by atoms with van der Waals surface area (Å²) in [5, 5.41) is 6.92. The number of aromatic nitrogens is 3. The summed E-state index contributed by atoms with van der Waals surface area (Å²) in [6, 6.07) is 3.74. The minimum absolute atomic E-state index is 0.0151. The zero-order chi connectivity index (χ0) is 16.1. The molecule has 1 aliphatic heterocycles. The Kier molecular flexibility index (Phi) is 4.85. The van der Waals surface area contributed by atoms with E-state index >= 15 is 0 Å². The first-order chi connectivity index (χ1) is 11.3. The van der Waals surface area contributed by atoms with E-state index < -0.39 is 0 Å². The fraction of sp³-hybridized carbons (Fsp3) is 0.500. The number of carbonyl (C=O) groups is 1. The van der Waals surface area contributed by atoms with E-state index in [2.05, 4.69) is 20.4 Å². The molecule has 0 saturated carbocycles. The minimum Gasteiger partial charge on any atom is -0.338 e. The van der Waals surface area contributed by atoms with Crippen LogP contribution in [0, 0.1) is 5.92 Å². The number of amides is 2. The summed E-state index contributed by atoms with van der Waals surface area (Å²) in [6.07, 6.45) is 6.22. The summed E-state index contributed by atoms with van der Waals surface area (Å²) >= 11 is 0.